The summed E-state index contributed by atoms with van der Waals surface area (Å²) in [5.41, 5.74) is 0. The van der Waals surface area contributed by atoms with Gasteiger partial charge in [0.05, 0.1) is 6.20 Å². The molecule has 3 heterocycles. The molecule has 1 aromatic heterocycles. The quantitative estimate of drug-likeness (QED) is 0.865. The maximum absolute atomic E-state index is 12.4. The zero-order valence-electron chi connectivity index (χ0n) is 11.8. The van der Waals surface area contributed by atoms with Crippen molar-refractivity contribution in [3.63, 3.8) is 0 Å². The molecule has 6 nitrogen and oxygen atoms in total. The van der Waals surface area contributed by atoms with Crippen LogP contribution in [0.1, 0.15) is 38.4 Å². The van der Waals surface area contributed by atoms with Gasteiger partial charge in [-0.1, -0.05) is 13.3 Å². The van der Waals surface area contributed by atoms with Crippen LogP contribution in [-0.2, 0) is 16.4 Å². The molecular weight excluding hydrogens is 276 g/mol. The van der Waals surface area contributed by atoms with Gasteiger partial charge in [-0.25, -0.2) is 18.1 Å². The molecule has 0 bridgehead atoms. The van der Waals surface area contributed by atoms with Gasteiger partial charge in [0.25, 0.3) is 10.0 Å². The van der Waals surface area contributed by atoms with Crippen LogP contribution in [0.15, 0.2) is 11.2 Å². The van der Waals surface area contributed by atoms with Crippen molar-refractivity contribution >= 4 is 10.0 Å². The van der Waals surface area contributed by atoms with E-state index in [-0.39, 0.29) is 11.1 Å². The molecule has 2 fully saturated rings. The number of sulfonamides is 1. The number of aromatic amines is 1. The van der Waals surface area contributed by atoms with Gasteiger partial charge in [-0.15, -0.1) is 0 Å². The van der Waals surface area contributed by atoms with E-state index in [2.05, 4.69) is 19.6 Å². The maximum atomic E-state index is 12.4. The van der Waals surface area contributed by atoms with Gasteiger partial charge < -0.3 is 4.98 Å². The maximum Gasteiger partial charge on any atom is 0.257 e. The minimum absolute atomic E-state index is 0.0358. The van der Waals surface area contributed by atoms with Crippen LogP contribution in [0, 0.1) is 0 Å². The molecule has 0 saturated carbocycles. The Hall–Kier alpha value is -0.920. The number of nitrogens with zero attached hydrogens (tertiary/aromatic N) is 2. The van der Waals surface area contributed by atoms with E-state index in [1.165, 1.54) is 19.0 Å². The minimum Gasteiger partial charge on any atom is -0.332 e. The lowest BCUT2D eigenvalue weighted by molar-refractivity contribution is 0.186. The Morgan fingerprint density at radius 1 is 1.40 bits per heavy atom. The first kappa shape index (κ1) is 14.0. The lowest BCUT2D eigenvalue weighted by Gasteiger charge is -2.32. The van der Waals surface area contributed by atoms with Gasteiger partial charge >= 0.3 is 0 Å². The largest absolute Gasteiger partial charge is 0.332 e. The summed E-state index contributed by atoms with van der Waals surface area (Å²) < 4.78 is 27.6. The molecule has 2 unspecified atom stereocenters. The summed E-state index contributed by atoms with van der Waals surface area (Å²) in [7, 11) is -3.48. The van der Waals surface area contributed by atoms with E-state index in [4.69, 9.17) is 0 Å². The highest BCUT2D eigenvalue weighted by atomic mass is 32.2. The smallest absolute Gasteiger partial charge is 0.257 e. The second-order valence-corrected chi connectivity index (χ2v) is 7.35. The SMILES string of the molecule is CCc1ncc(S(=O)(=O)NC2CCN3CCCCC23)[nH]1. The number of H-pyrrole nitrogens is 1. The molecule has 3 rings (SSSR count). The standard InChI is InChI=1S/C13H22N4O2S/c1-2-12-14-9-13(15-12)20(18,19)16-10-6-8-17-7-4-3-5-11(10)17/h9-11,16H,2-8H2,1H3,(H,14,15). The highest BCUT2D eigenvalue weighted by Crippen LogP contribution is 2.28. The van der Waals surface area contributed by atoms with E-state index >= 15 is 0 Å². The number of aryl methyl sites for hydroxylation is 1. The lowest BCUT2D eigenvalue weighted by atomic mass is 10.00. The zero-order chi connectivity index (χ0) is 14.2. The van der Waals surface area contributed by atoms with Gasteiger partial charge in [0.2, 0.25) is 0 Å². The molecule has 0 aliphatic carbocycles. The van der Waals surface area contributed by atoms with E-state index in [0.29, 0.717) is 18.3 Å². The predicted molar refractivity (Wildman–Crippen MR) is 75.9 cm³/mol. The van der Waals surface area contributed by atoms with E-state index in [1.54, 1.807) is 0 Å². The Bertz CT molecular complexity index is 569. The van der Waals surface area contributed by atoms with Crippen molar-refractivity contribution in [2.45, 2.75) is 56.1 Å². The Labute approximate surface area is 120 Å². The summed E-state index contributed by atoms with van der Waals surface area (Å²) in [4.78, 5) is 9.36. The van der Waals surface area contributed by atoms with Crippen molar-refractivity contribution < 1.29 is 8.42 Å². The molecule has 7 heteroatoms. The van der Waals surface area contributed by atoms with Crippen LogP contribution in [0.25, 0.3) is 0 Å². The van der Waals surface area contributed by atoms with Gasteiger partial charge in [-0.3, -0.25) is 4.90 Å². The van der Waals surface area contributed by atoms with Crippen molar-refractivity contribution in [2.24, 2.45) is 0 Å². The molecule has 1 aromatic rings. The number of fused-ring (bicyclic) bond motifs is 1. The van der Waals surface area contributed by atoms with E-state index in [1.807, 2.05) is 6.92 Å². The van der Waals surface area contributed by atoms with Gasteiger partial charge in [-0.05, 0) is 25.8 Å². The van der Waals surface area contributed by atoms with Crippen molar-refractivity contribution in [3.8, 4) is 0 Å². The molecule has 20 heavy (non-hydrogen) atoms. The fourth-order valence-corrected chi connectivity index (χ4v) is 4.55. The first-order chi connectivity index (χ1) is 9.60. The van der Waals surface area contributed by atoms with Gasteiger partial charge in [-0.2, -0.15) is 0 Å². The summed E-state index contributed by atoms with van der Waals surface area (Å²) >= 11 is 0. The first-order valence-electron chi connectivity index (χ1n) is 7.40. The summed E-state index contributed by atoms with van der Waals surface area (Å²) in [6, 6.07) is 0.403. The first-order valence-corrected chi connectivity index (χ1v) is 8.89. The molecule has 112 valence electrons. The normalized spacial score (nSPS) is 27.6. The molecule has 0 spiro atoms. The fraction of sp³-hybridized carbons (Fsp3) is 0.769. The molecule has 0 amide bonds. The molecule has 2 atom stereocenters. The molecule has 2 aliphatic heterocycles. The van der Waals surface area contributed by atoms with Crippen LogP contribution in [0.3, 0.4) is 0 Å². The fourth-order valence-electron chi connectivity index (χ4n) is 3.31. The Morgan fingerprint density at radius 2 is 2.25 bits per heavy atom. The minimum atomic E-state index is -3.48. The Balaban J connectivity index is 1.73. The number of hydrogen-bond acceptors (Lipinski definition) is 4. The number of piperidine rings is 1. The highest BCUT2D eigenvalue weighted by Gasteiger charge is 2.38. The molecular formula is C13H22N4O2S. The van der Waals surface area contributed by atoms with Crippen molar-refractivity contribution in [1.29, 1.82) is 0 Å². The second-order valence-electron chi connectivity index (χ2n) is 5.66. The average molecular weight is 298 g/mol. The van der Waals surface area contributed by atoms with Crippen LogP contribution in [-0.4, -0.2) is 48.5 Å². The lowest BCUT2D eigenvalue weighted by Crippen LogP contribution is -2.46. The molecule has 0 radical (unpaired) electrons. The van der Waals surface area contributed by atoms with Crippen LogP contribution < -0.4 is 4.72 Å². The second kappa shape index (κ2) is 5.46. The Kier molecular flexibility index (Phi) is 3.83. The molecule has 2 aliphatic rings. The van der Waals surface area contributed by atoms with Gasteiger partial charge in [0.1, 0.15) is 5.82 Å². The zero-order valence-corrected chi connectivity index (χ0v) is 12.6. The van der Waals surface area contributed by atoms with Crippen LogP contribution in [0.2, 0.25) is 0 Å². The van der Waals surface area contributed by atoms with Crippen molar-refractivity contribution in [2.75, 3.05) is 13.1 Å². The van der Waals surface area contributed by atoms with Crippen LogP contribution in [0.4, 0.5) is 0 Å². The number of hydrogen-bond donors (Lipinski definition) is 2. The molecule has 2 saturated heterocycles. The summed E-state index contributed by atoms with van der Waals surface area (Å²) in [6.07, 6.45) is 6.54. The topological polar surface area (TPSA) is 78.1 Å². The number of rotatable bonds is 4. The van der Waals surface area contributed by atoms with Crippen LogP contribution in [0.5, 0.6) is 0 Å². The van der Waals surface area contributed by atoms with Crippen molar-refractivity contribution in [3.05, 3.63) is 12.0 Å². The molecule has 0 aromatic carbocycles. The third-order valence-corrected chi connectivity index (χ3v) is 5.79. The van der Waals surface area contributed by atoms with Gasteiger partial charge in [0.15, 0.2) is 5.03 Å². The highest BCUT2D eigenvalue weighted by molar-refractivity contribution is 7.89. The third kappa shape index (κ3) is 2.62. The number of aromatic nitrogens is 2. The summed E-state index contributed by atoms with van der Waals surface area (Å²) in [5, 5.41) is 0.184. The number of nitrogens with one attached hydrogen (secondary N) is 2. The van der Waals surface area contributed by atoms with E-state index in [9.17, 15) is 8.42 Å². The van der Waals surface area contributed by atoms with Crippen molar-refractivity contribution in [1.82, 2.24) is 19.6 Å². The summed E-state index contributed by atoms with van der Waals surface area (Å²) in [6.45, 7) is 4.05. The monoisotopic (exact) mass is 298 g/mol. The van der Waals surface area contributed by atoms with Gasteiger partial charge in [0, 0.05) is 25.0 Å². The number of imidazole rings is 1. The average Bonchev–Trinajstić information content (AvgIpc) is 3.06. The van der Waals surface area contributed by atoms with E-state index < -0.39 is 10.0 Å². The van der Waals surface area contributed by atoms with Crippen LogP contribution >= 0.6 is 0 Å². The predicted octanol–water partition coefficient (Wildman–Crippen LogP) is 0.877. The Morgan fingerprint density at radius 3 is 3.00 bits per heavy atom. The molecule has 2 N–H and O–H groups in total. The van der Waals surface area contributed by atoms with E-state index in [0.717, 1.165) is 25.9 Å². The summed E-state index contributed by atoms with van der Waals surface area (Å²) in [5.74, 6) is 0.705. The third-order valence-electron chi connectivity index (χ3n) is 4.39.